The van der Waals surface area contributed by atoms with E-state index in [1.165, 1.54) is 42.4 Å². The molecule has 1 unspecified atom stereocenters. The third-order valence-corrected chi connectivity index (χ3v) is 3.97. The zero-order valence-corrected chi connectivity index (χ0v) is 11.4. The van der Waals surface area contributed by atoms with Crippen molar-refractivity contribution in [3.8, 4) is 0 Å². The normalized spacial score (nSPS) is 17.1. The molecule has 0 aliphatic heterocycles. The van der Waals surface area contributed by atoms with E-state index in [2.05, 4.69) is 44.3 Å². The second-order valence-corrected chi connectivity index (χ2v) is 5.58. The first kappa shape index (κ1) is 12.6. The summed E-state index contributed by atoms with van der Waals surface area (Å²) in [6.07, 6.45) is 5.55. The molecular formula is C16H25N. The summed E-state index contributed by atoms with van der Waals surface area (Å²) in [7, 11) is 0. The van der Waals surface area contributed by atoms with E-state index in [9.17, 15) is 0 Å². The van der Waals surface area contributed by atoms with Crippen LogP contribution < -0.4 is 5.32 Å². The summed E-state index contributed by atoms with van der Waals surface area (Å²) >= 11 is 0. The van der Waals surface area contributed by atoms with Gasteiger partial charge in [-0.25, -0.2) is 0 Å². The minimum Gasteiger partial charge on any atom is -0.310 e. The first-order chi connectivity index (χ1) is 8.19. The number of hydrogen-bond acceptors (Lipinski definition) is 1. The second kappa shape index (κ2) is 5.68. The van der Waals surface area contributed by atoms with Crippen molar-refractivity contribution < 1.29 is 0 Å². The van der Waals surface area contributed by atoms with Crippen LogP contribution in [-0.2, 0) is 6.54 Å². The van der Waals surface area contributed by atoms with Crippen molar-refractivity contribution in [1.82, 2.24) is 5.32 Å². The lowest BCUT2D eigenvalue weighted by Gasteiger charge is -2.17. The number of hydrogen-bond donors (Lipinski definition) is 1. The molecule has 1 aromatic carbocycles. The molecule has 1 N–H and O–H groups in total. The largest absolute Gasteiger partial charge is 0.310 e. The fourth-order valence-corrected chi connectivity index (χ4v) is 2.33. The first-order valence-corrected chi connectivity index (χ1v) is 6.98. The van der Waals surface area contributed by atoms with Gasteiger partial charge in [-0.05, 0) is 49.3 Å². The third-order valence-electron chi connectivity index (χ3n) is 3.97. The summed E-state index contributed by atoms with van der Waals surface area (Å²) in [5.74, 6) is 1.02. The number of nitrogens with one attached hydrogen (secondary N) is 1. The smallest absolute Gasteiger partial charge is 0.0208 e. The molecule has 0 spiro atoms. The van der Waals surface area contributed by atoms with Crippen molar-refractivity contribution in [3.63, 3.8) is 0 Å². The Morgan fingerprint density at radius 2 is 2.00 bits per heavy atom. The van der Waals surface area contributed by atoms with Crippen LogP contribution in [-0.4, -0.2) is 6.04 Å². The van der Waals surface area contributed by atoms with Crippen LogP contribution in [0.3, 0.4) is 0 Å². The highest BCUT2D eigenvalue weighted by Gasteiger charge is 2.24. The van der Waals surface area contributed by atoms with Gasteiger partial charge in [0.05, 0.1) is 0 Å². The SMILES string of the molecule is CCC(CC1CC1)NCc1ccc(C)c(C)c1. The van der Waals surface area contributed by atoms with Crippen LogP contribution in [0.2, 0.25) is 0 Å². The maximum atomic E-state index is 3.70. The predicted molar refractivity (Wildman–Crippen MR) is 74.2 cm³/mol. The lowest BCUT2D eigenvalue weighted by molar-refractivity contribution is 0.445. The number of benzene rings is 1. The molecule has 0 heterocycles. The minimum absolute atomic E-state index is 0.712. The second-order valence-electron chi connectivity index (χ2n) is 5.58. The Morgan fingerprint density at radius 1 is 1.24 bits per heavy atom. The Morgan fingerprint density at radius 3 is 2.59 bits per heavy atom. The van der Waals surface area contributed by atoms with Crippen LogP contribution in [0.5, 0.6) is 0 Å². The maximum Gasteiger partial charge on any atom is 0.0208 e. The summed E-state index contributed by atoms with van der Waals surface area (Å²) in [5, 5.41) is 3.70. The number of rotatable bonds is 6. The monoisotopic (exact) mass is 231 g/mol. The fraction of sp³-hybridized carbons (Fsp3) is 0.625. The lowest BCUT2D eigenvalue weighted by atomic mass is 10.0. The van der Waals surface area contributed by atoms with Crippen LogP contribution in [0.1, 0.15) is 49.3 Å². The Hall–Kier alpha value is -0.820. The van der Waals surface area contributed by atoms with Crippen LogP contribution in [0, 0.1) is 19.8 Å². The van der Waals surface area contributed by atoms with Gasteiger partial charge in [0.1, 0.15) is 0 Å². The molecule has 2 rings (SSSR count). The Balaban J connectivity index is 1.84. The summed E-state index contributed by atoms with van der Waals surface area (Å²) in [4.78, 5) is 0. The van der Waals surface area contributed by atoms with Crippen LogP contribution in [0.25, 0.3) is 0 Å². The van der Waals surface area contributed by atoms with Crippen molar-refractivity contribution in [1.29, 1.82) is 0 Å². The summed E-state index contributed by atoms with van der Waals surface area (Å²) in [5.41, 5.74) is 4.21. The van der Waals surface area contributed by atoms with Gasteiger partial charge in [-0.1, -0.05) is 38.0 Å². The van der Waals surface area contributed by atoms with E-state index in [1.807, 2.05) is 0 Å². The number of aryl methyl sites for hydroxylation is 2. The molecule has 1 aliphatic rings. The van der Waals surface area contributed by atoms with E-state index in [-0.39, 0.29) is 0 Å². The van der Waals surface area contributed by atoms with E-state index in [0.717, 1.165) is 12.5 Å². The zero-order chi connectivity index (χ0) is 12.3. The quantitative estimate of drug-likeness (QED) is 0.781. The average Bonchev–Trinajstić information content (AvgIpc) is 3.12. The van der Waals surface area contributed by atoms with Gasteiger partial charge in [0.2, 0.25) is 0 Å². The van der Waals surface area contributed by atoms with Crippen molar-refractivity contribution >= 4 is 0 Å². The molecule has 1 fully saturated rings. The molecule has 1 atom stereocenters. The van der Waals surface area contributed by atoms with Gasteiger partial charge in [0.15, 0.2) is 0 Å². The van der Waals surface area contributed by atoms with Gasteiger partial charge < -0.3 is 5.32 Å². The topological polar surface area (TPSA) is 12.0 Å². The Kier molecular flexibility index (Phi) is 4.22. The lowest BCUT2D eigenvalue weighted by Crippen LogP contribution is -2.28. The maximum absolute atomic E-state index is 3.70. The van der Waals surface area contributed by atoms with Gasteiger partial charge in [-0.2, -0.15) is 0 Å². The minimum atomic E-state index is 0.712. The standard InChI is InChI=1S/C16H25N/c1-4-16(10-14-7-8-14)17-11-15-6-5-12(2)13(3)9-15/h5-6,9,14,16-17H,4,7-8,10-11H2,1-3H3. The first-order valence-electron chi connectivity index (χ1n) is 6.98. The Bertz CT molecular complexity index is 366. The molecule has 0 amide bonds. The van der Waals surface area contributed by atoms with Gasteiger partial charge in [-0.3, -0.25) is 0 Å². The van der Waals surface area contributed by atoms with E-state index >= 15 is 0 Å². The zero-order valence-electron chi connectivity index (χ0n) is 11.4. The average molecular weight is 231 g/mol. The highest BCUT2D eigenvalue weighted by Crippen LogP contribution is 2.34. The van der Waals surface area contributed by atoms with Crippen LogP contribution >= 0.6 is 0 Å². The van der Waals surface area contributed by atoms with Gasteiger partial charge in [0.25, 0.3) is 0 Å². The molecule has 1 nitrogen and oxygen atoms in total. The molecule has 0 saturated heterocycles. The predicted octanol–water partition coefficient (Wildman–Crippen LogP) is 3.97. The molecule has 1 heteroatoms. The molecule has 0 radical (unpaired) electrons. The fourth-order valence-electron chi connectivity index (χ4n) is 2.33. The van der Waals surface area contributed by atoms with Crippen molar-refractivity contribution in [3.05, 3.63) is 34.9 Å². The molecule has 94 valence electrons. The molecular weight excluding hydrogens is 206 g/mol. The molecule has 0 bridgehead atoms. The summed E-state index contributed by atoms with van der Waals surface area (Å²) < 4.78 is 0. The van der Waals surface area contributed by atoms with E-state index < -0.39 is 0 Å². The molecule has 17 heavy (non-hydrogen) atoms. The van der Waals surface area contributed by atoms with E-state index in [0.29, 0.717) is 6.04 Å². The van der Waals surface area contributed by atoms with Crippen LogP contribution in [0.4, 0.5) is 0 Å². The molecule has 1 saturated carbocycles. The van der Waals surface area contributed by atoms with Crippen molar-refractivity contribution in [2.45, 2.75) is 59.0 Å². The molecule has 1 aromatic rings. The van der Waals surface area contributed by atoms with Crippen LogP contribution in [0.15, 0.2) is 18.2 Å². The van der Waals surface area contributed by atoms with Crippen molar-refractivity contribution in [2.75, 3.05) is 0 Å². The molecule has 0 aromatic heterocycles. The summed E-state index contributed by atoms with van der Waals surface area (Å²) in [6.45, 7) is 7.68. The third kappa shape index (κ3) is 3.85. The van der Waals surface area contributed by atoms with E-state index in [4.69, 9.17) is 0 Å². The van der Waals surface area contributed by atoms with Gasteiger partial charge in [0, 0.05) is 12.6 Å². The van der Waals surface area contributed by atoms with Gasteiger partial charge >= 0.3 is 0 Å². The highest BCUT2D eigenvalue weighted by atomic mass is 14.9. The van der Waals surface area contributed by atoms with Crippen molar-refractivity contribution in [2.24, 2.45) is 5.92 Å². The summed E-state index contributed by atoms with van der Waals surface area (Å²) in [6, 6.07) is 7.50. The van der Waals surface area contributed by atoms with Gasteiger partial charge in [-0.15, -0.1) is 0 Å². The molecule has 1 aliphatic carbocycles. The Labute approximate surface area is 106 Å². The highest BCUT2D eigenvalue weighted by molar-refractivity contribution is 5.29. The van der Waals surface area contributed by atoms with E-state index in [1.54, 1.807) is 0 Å².